The Morgan fingerprint density at radius 2 is 1.89 bits per heavy atom. The molecule has 2 aliphatic rings. The van der Waals surface area contributed by atoms with Gasteiger partial charge >= 0.3 is 0 Å². The Bertz CT molecular complexity index is 807. The maximum absolute atomic E-state index is 13.0. The van der Waals surface area contributed by atoms with Crippen molar-refractivity contribution in [2.24, 2.45) is 5.92 Å². The van der Waals surface area contributed by atoms with Crippen LogP contribution in [0.2, 0.25) is 0 Å². The topological polar surface area (TPSA) is 98.8 Å². The van der Waals surface area contributed by atoms with E-state index in [9.17, 15) is 19.2 Å². The van der Waals surface area contributed by atoms with E-state index in [0.29, 0.717) is 24.1 Å². The largest absolute Gasteiger partial charge is 0.315 e. The second-order valence-electron chi connectivity index (χ2n) is 7.36. The molecule has 27 heavy (non-hydrogen) atoms. The minimum Gasteiger partial charge on any atom is -0.315 e. The third-order valence-corrected chi connectivity index (χ3v) is 5.16. The fraction of sp³-hybridized carbons (Fsp3) is 0.474. The zero-order valence-corrected chi connectivity index (χ0v) is 15.7. The van der Waals surface area contributed by atoms with Crippen molar-refractivity contribution in [1.82, 2.24) is 15.8 Å². The average molecular weight is 372 g/mol. The van der Waals surface area contributed by atoms with Gasteiger partial charge in [-0.3, -0.25) is 34.9 Å². The number of nitrogens with zero attached hydrogens (tertiary/aromatic N) is 2. The average Bonchev–Trinajstić information content (AvgIpc) is 2.95. The van der Waals surface area contributed by atoms with Gasteiger partial charge in [0.05, 0.1) is 11.3 Å². The molecule has 0 radical (unpaired) electrons. The number of carbonyl (C=O) groups is 4. The van der Waals surface area contributed by atoms with E-state index in [1.165, 1.54) is 0 Å². The fourth-order valence-corrected chi connectivity index (χ4v) is 3.59. The molecule has 0 saturated carbocycles. The van der Waals surface area contributed by atoms with E-state index in [-0.39, 0.29) is 36.6 Å². The summed E-state index contributed by atoms with van der Waals surface area (Å²) in [5, 5.41) is 0. The van der Waals surface area contributed by atoms with Gasteiger partial charge in [0.2, 0.25) is 17.7 Å². The number of hydrogen-bond donors (Lipinski definition) is 2. The van der Waals surface area contributed by atoms with Crippen LogP contribution >= 0.6 is 0 Å². The van der Waals surface area contributed by atoms with Crippen LogP contribution in [0.1, 0.15) is 50.4 Å². The maximum atomic E-state index is 13.0. The van der Waals surface area contributed by atoms with E-state index in [1.54, 1.807) is 47.9 Å². The lowest BCUT2D eigenvalue weighted by molar-refractivity contribution is -0.130. The predicted molar refractivity (Wildman–Crippen MR) is 98.3 cm³/mol. The highest BCUT2D eigenvalue weighted by atomic mass is 16.2. The number of hydrogen-bond acceptors (Lipinski definition) is 4. The summed E-state index contributed by atoms with van der Waals surface area (Å²) in [6.07, 6.45) is 0.882. The molecule has 1 fully saturated rings. The third kappa shape index (κ3) is 3.27. The molecule has 8 nitrogen and oxygen atoms in total. The maximum Gasteiger partial charge on any atom is 0.257 e. The van der Waals surface area contributed by atoms with Gasteiger partial charge in [-0.1, -0.05) is 26.0 Å². The molecule has 144 valence electrons. The van der Waals surface area contributed by atoms with Crippen LogP contribution in [0.15, 0.2) is 24.3 Å². The van der Waals surface area contributed by atoms with E-state index in [4.69, 9.17) is 0 Å². The predicted octanol–water partition coefficient (Wildman–Crippen LogP) is 1.18. The lowest BCUT2D eigenvalue weighted by Crippen LogP contribution is -2.62. The summed E-state index contributed by atoms with van der Waals surface area (Å²) in [7, 11) is 0. The molecule has 4 amide bonds. The standard InChI is InChI=1S/C19H24N4O4/c1-12(2)17(26)21-20-15(24)9-11-22-18(27)13-6-4-5-7-14(13)23-16(25)8-10-19(22,23)3/h4-7,12H,8-11H2,1-3H3,(H,20,24)(H,21,26). The molecule has 1 aromatic rings. The summed E-state index contributed by atoms with van der Waals surface area (Å²) in [5.74, 6) is -1.16. The molecule has 1 atom stereocenters. The molecule has 0 aliphatic carbocycles. The van der Waals surface area contributed by atoms with Gasteiger partial charge in [0.1, 0.15) is 5.66 Å². The number of rotatable bonds is 4. The number of amides is 4. The van der Waals surface area contributed by atoms with Crippen molar-refractivity contribution in [1.29, 1.82) is 0 Å². The second-order valence-corrected chi connectivity index (χ2v) is 7.36. The van der Waals surface area contributed by atoms with Crippen LogP contribution in [0.25, 0.3) is 0 Å². The van der Waals surface area contributed by atoms with Crippen LogP contribution in [0.5, 0.6) is 0 Å². The molecule has 2 heterocycles. The highest BCUT2D eigenvalue weighted by molar-refractivity contribution is 6.10. The van der Waals surface area contributed by atoms with Crippen LogP contribution in [-0.4, -0.2) is 40.7 Å². The number of carbonyl (C=O) groups excluding carboxylic acids is 4. The number of nitrogens with one attached hydrogen (secondary N) is 2. The first kappa shape index (κ1) is 18.9. The highest BCUT2D eigenvalue weighted by Crippen LogP contribution is 2.43. The lowest BCUT2D eigenvalue weighted by Gasteiger charge is -2.48. The first-order chi connectivity index (χ1) is 12.8. The summed E-state index contributed by atoms with van der Waals surface area (Å²) in [6.45, 7) is 5.44. The molecule has 1 saturated heterocycles. The van der Waals surface area contributed by atoms with E-state index < -0.39 is 11.6 Å². The molecule has 0 aromatic heterocycles. The minimum atomic E-state index is -0.788. The number of anilines is 1. The first-order valence-electron chi connectivity index (χ1n) is 9.08. The summed E-state index contributed by atoms with van der Waals surface area (Å²) in [4.78, 5) is 52.4. The van der Waals surface area contributed by atoms with Gasteiger partial charge in [0.15, 0.2) is 0 Å². The molecule has 1 aromatic carbocycles. The Labute approximate surface area is 157 Å². The van der Waals surface area contributed by atoms with Gasteiger partial charge in [-0.15, -0.1) is 0 Å². The third-order valence-electron chi connectivity index (χ3n) is 5.16. The molecule has 3 rings (SSSR count). The highest BCUT2D eigenvalue weighted by Gasteiger charge is 2.52. The van der Waals surface area contributed by atoms with Crippen LogP contribution in [0.4, 0.5) is 5.69 Å². The van der Waals surface area contributed by atoms with Gasteiger partial charge < -0.3 is 4.90 Å². The van der Waals surface area contributed by atoms with E-state index in [1.807, 2.05) is 6.92 Å². The Morgan fingerprint density at radius 3 is 2.59 bits per heavy atom. The van der Waals surface area contributed by atoms with Gasteiger partial charge in [0, 0.05) is 25.3 Å². The Balaban J connectivity index is 1.75. The minimum absolute atomic E-state index is 0.0178. The number of para-hydroxylation sites is 1. The van der Waals surface area contributed by atoms with E-state index in [0.717, 1.165) is 0 Å². The van der Waals surface area contributed by atoms with Gasteiger partial charge in [-0.25, -0.2) is 0 Å². The molecule has 1 unspecified atom stereocenters. The van der Waals surface area contributed by atoms with Crippen LogP contribution in [0.3, 0.4) is 0 Å². The van der Waals surface area contributed by atoms with Crippen LogP contribution < -0.4 is 15.8 Å². The van der Waals surface area contributed by atoms with Crippen molar-refractivity contribution in [2.75, 3.05) is 11.4 Å². The van der Waals surface area contributed by atoms with Crippen LogP contribution in [-0.2, 0) is 14.4 Å². The molecular formula is C19H24N4O4. The summed E-state index contributed by atoms with van der Waals surface area (Å²) < 4.78 is 0. The zero-order valence-electron chi connectivity index (χ0n) is 15.7. The molecule has 0 spiro atoms. The fourth-order valence-electron chi connectivity index (χ4n) is 3.59. The van der Waals surface area contributed by atoms with Gasteiger partial charge in [-0.05, 0) is 25.5 Å². The quantitative estimate of drug-likeness (QED) is 0.775. The Hall–Kier alpha value is -2.90. The number of fused-ring (bicyclic) bond motifs is 3. The molecule has 0 bridgehead atoms. The first-order valence-corrected chi connectivity index (χ1v) is 9.08. The second kappa shape index (κ2) is 7.02. The number of benzene rings is 1. The van der Waals surface area contributed by atoms with Crippen molar-refractivity contribution < 1.29 is 19.2 Å². The molecule has 8 heteroatoms. The lowest BCUT2D eigenvalue weighted by atomic mass is 9.98. The van der Waals surface area contributed by atoms with Crippen molar-refractivity contribution in [3.05, 3.63) is 29.8 Å². The van der Waals surface area contributed by atoms with Crippen LogP contribution in [0, 0.1) is 5.92 Å². The van der Waals surface area contributed by atoms with Gasteiger partial charge in [-0.2, -0.15) is 0 Å². The van der Waals surface area contributed by atoms with Crippen molar-refractivity contribution in [3.63, 3.8) is 0 Å². The summed E-state index contributed by atoms with van der Waals surface area (Å²) in [5.41, 5.74) is 5.01. The Morgan fingerprint density at radius 1 is 1.19 bits per heavy atom. The smallest absolute Gasteiger partial charge is 0.257 e. The van der Waals surface area contributed by atoms with Gasteiger partial charge in [0.25, 0.3) is 5.91 Å². The van der Waals surface area contributed by atoms with Crippen molar-refractivity contribution in [2.45, 2.75) is 45.7 Å². The number of hydrazine groups is 1. The summed E-state index contributed by atoms with van der Waals surface area (Å²) >= 11 is 0. The Kier molecular flexibility index (Phi) is 4.91. The summed E-state index contributed by atoms with van der Waals surface area (Å²) in [6, 6.07) is 7.03. The normalized spacial score (nSPS) is 21.2. The molecule has 2 aliphatic heterocycles. The van der Waals surface area contributed by atoms with Crippen molar-refractivity contribution in [3.8, 4) is 0 Å². The monoisotopic (exact) mass is 372 g/mol. The SMILES string of the molecule is CC(C)C(=O)NNC(=O)CCN1C(=O)c2ccccc2N2C(=O)CCC12C. The molecular weight excluding hydrogens is 348 g/mol. The van der Waals surface area contributed by atoms with Crippen molar-refractivity contribution >= 4 is 29.3 Å². The van der Waals surface area contributed by atoms with E-state index >= 15 is 0 Å². The zero-order chi connectivity index (χ0) is 19.8. The van der Waals surface area contributed by atoms with E-state index in [2.05, 4.69) is 10.9 Å². The molecule has 2 N–H and O–H groups in total.